The molecule has 0 atom stereocenters. The molecule has 1 aromatic carbocycles. The molecule has 0 radical (unpaired) electrons. The van der Waals surface area contributed by atoms with Gasteiger partial charge >= 0.3 is 6.18 Å². The van der Waals surface area contributed by atoms with E-state index in [1.165, 1.54) is 6.07 Å². The van der Waals surface area contributed by atoms with Crippen LogP contribution in [0.5, 0.6) is 0 Å². The quantitative estimate of drug-likeness (QED) is 0.234. The first-order valence-electron chi connectivity index (χ1n) is 9.62. The standard InChI is InChI=1S/C20H24F4N4OS.HI/c1-25-18(26-8-5-17-28-16(12-30-17)20(22,23)24)27-13-19(6-9-29-10-7-19)14-3-2-4-15(21)11-14;/h2-4,11-12H,5-10,13H2,1H3,(H2,25,26,27);1H. The van der Waals surface area contributed by atoms with E-state index in [2.05, 4.69) is 20.6 Å². The zero-order valence-electron chi connectivity index (χ0n) is 17.0. The molecule has 31 heavy (non-hydrogen) atoms. The summed E-state index contributed by atoms with van der Waals surface area (Å²) in [5, 5.41) is 7.81. The fourth-order valence-corrected chi connectivity index (χ4v) is 4.27. The van der Waals surface area contributed by atoms with Crippen LogP contribution in [0.1, 0.15) is 29.1 Å². The number of hydrogen-bond donors (Lipinski definition) is 2. The van der Waals surface area contributed by atoms with Gasteiger partial charge in [-0.2, -0.15) is 13.2 Å². The SMILES string of the molecule is CN=C(NCCc1nc(C(F)(F)F)cs1)NCC1(c2cccc(F)c2)CCOCC1.I. The van der Waals surface area contributed by atoms with E-state index in [-0.39, 0.29) is 35.2 Å². The predicted octanol–water partition coefficient (Wildman–Crippen LogP) is 4.37. The van der Waals surface area contributed by atoms with E-state index in [1.54, 1.807) is 19.2 Å². The summed E-state index contributed by atoms with van der Waals surface area (Å²) in [5.41, 5.74) is -0.229. The minimum atomic E-state index is -4.42. The van der Waals surface area contributed by atoms with Gasteiger partial charge in [0.25, 0.3) is 0 Å². The summed E-state index contributed by atoms with van der Waals surface area (Å²) >= 11 is 0.989. The maximum absolute atomic E-state index is 13.8. The van der Waals surface area contributed by atoms with Crippen LogP contribution >= 0.6 is 35.3 Å². The van der Waals surface area contributed by atoms with Crippen molar-refractivity contribution in [3.63, 3.8) is 0 Å². The number of rotatable bonds is 6. The fraction of sp³-hybridized carbons (Fsp3) is 0.500. The number of guanidine groups is 1. The van der Waals surface area contributed by atoms with Crippen molar-refractivity contribution in [1.29, 1.82) is 0 Å². The first-order valence-corrected chi connectivity index (χ1v) is 10.5. The van der Waals surface area contributed by atoms with E-state index in [0.29, 0.717) is 43.7 Å². The zero-order valence-corrected chi connectivity index (χ0v) is 20.1. The summed E-state index contributed by atoms with van der Waals surface area (Å²) in [6, 6.07) is 6.61. The molecule has 2 heterocycles. The molecule has 5 nitrogen and oxygen atoms in total. The Kier molecular flexibility index (Phi) is 9.49. The maximum atomic E-state index is 13.8. The maximum Gasteiger partial charge on any atom is 0.434 e. The molecule has 11 heteroatoms. The fourth-order valence-electron chi connectivity index (χ4n) is 3.47. The molecule has 172 valence electrons. The van der Waals surface area contributed by atoms with Gasteiger partial charge in [0, 0.05) is 50.6 Å². The lowest BCUT2D eigenvalue weighted by molar-refractivity contribution is -0.140. The van der Waals surface area contributed by atoms with Crippen molar-refractivity contribution >= 4 is 41.3 Å². The van der Waals surface area contributed by atoms with E-state index in [9.17, 15) is 17.6 Å². The highest BCUT2D eigenvalue weighted by atomic mass is 127. The third-order valence-corrected chi connectivity index (χ3v) is 6.09. The van der Waals surface area contributed by atoms with Crippen LogP contribution in [-0.4, -0.2) is 44.3 Å². The second-order valence-corrected chi connectivity index (χ2v) is 8.07. The molecule has 0 aliphatic carbocycles. The lowest BCUT2D eigenvalue weighted by Gasteiger charge is -2.38. The lowest BCUT2D eigenvalue weighted by atomic mass is 9.74. The molecule has 2 aromatic rings. The first kappa shape index (κ1) is 25.8. The van der Waals surface area contributed by atoms with Crippen LogP contribution in [0, 0.1) is 5.82 Å². The largest absolute Gasteiger partial charge is 0.434 e. The van der Waals surface area contributed by atoms with Gasteiger partial charge in [-0.3, -0.25) is 4.99 Å². The molecule has 1 saturated heterocycles. The Labute approximate surface area is 199 Å². The van der Waals surface area contributed by atoms with Gasteiger partial charge in [-0.1, -0.05) is 12.1 Å². The van der Waals surface area contributed by atoms with E-state index in [0.717, 1.165) is 35.1 Å². The smallest absolute Gasteiger partial charge is 0.381 e. The summed E-state index contributed by atoms with van der Waals surface area (Å²) in [7, 11) is 1.62. The van der Waals surface area contributed by atoms with E-state index < -0.39 is 11.9 Å². The Morgan fingerprint density at radius 3 is 2.61 bits per heavy atom. The highest BCUT2D eigenvalue weighted by Gasteiger charge is 2.35. The number of aromatic nitrogens is 1. The average Bonchev–Trinajstić information content (AvgIpc) is 3.21. The summed E-state index contributed by atoms with van der Waals surface area (Å²) in [6.45, 7) is 2.11. The molecular formula is C20H25F4IN4OS. The molecule has 0 unspecified atom stereocenters. The minimum absolute atomic E-state index is 0. The van der Waals surface area contributed by atoms with Crippen molar-refractivity contribution in [1.82, 2.24) is 15.6 Å². The molecule has 1 fully saturated rings. The van der Waals surface area contributed by atoms with Gasteiger partial charge < -0.3 is 15.4 Å². The number of ether oxygens (including phenoxy) is 1. The third-order valence-electron chi connectivity index (χ3n) is 5.18. The molecule has 1 aliphatic heterocycles. The van der Waals surface area contributed by atoms with Crippen LogP contribution in [0.2, 0.25) is 0 Å². The highest BCUT2D eigenvalue weighted by molar-refractivity contribution is 14.0. The first-order chi connectivity index (χ1) is 14.3. The summed E-state index contributed by atoms with van der Waals surface area (Å²) in [6.07, 6.45) is -2.57. The van der Waals surface area contributed by atoms with E-state index in [1.807, 2.05) is 6.07 Å². The molecule has 3 rings (SSSR count). The van der Waals surface area contributed by atoms with Gasteiger partial charge in [0.15, 0.2) is 11.7 Å². The normalized spacial score (nSPS) is 16.5. The van der Waals surface area contributed by atoms with Crippen LogP contribution in [0.4, 0.5) is 17.6 Å². The van der Waals surface area contributed by atoms with Gasteiger partial charge in [0.05, 0.1) is 5.01 Å². The highest BCUT2D eigenvalue weighted by Crippen LogP contribution is 2.34. The van der Waals surface area contributed by atoms with Gasteiger partial charge in [-0.25, -0.2) is 9.37 Å². The minimum Gasteiger partial charge on any atom is -0.381 e. The molecule has 1 aliphatic rings. The van der Waals surface area contributed by atoms with Crippen molar-refractivity contribution in [2.75, 3.05) is 33.4 Å². The summed E-state index contributed by atoms with van der Waals surface area (Å²) < 4.78 is 57.2. The van der Waals surface area contributed by atoms with Crippen LogP contribution in [0.3, 0.4) is 0 Å². The number of nitrogens with one attached hydrogen (secondary N) is 2. The number of benzene rings is 1. The molecule has 0 amide bonds. The summed E-state index contributed by atoms with van der Waals surface area (Å²) in [5.74, 6) is 0.257. The van der Waals surface area contributed by atoms with Gasteiger partial charge in [0.1, 0.15) is 5.82 Å². The third kappa shape index (κ3) is 7.01. The summed E-state index contributed by atoms with van der Waals surface area (Å²) in [4.78, 5) is 7.81. The number of nitrogens with zero attached hydrogens (tertiary/aromatic N) is 2. The van der Waals surface area contributed by atoms with Crippen molar-refractivity contribution < 1.29 is 22.3 Å². The van der Waals surface area contributed by atoms with E-state index >= 15 is 0 Å². The van der Waals surface area contributed by atoms with Crippen molar-refractivity contribution in [3.05, 3.63) is 51.7 Å². The zero-order chi connectivity index (χ0) is 21.6. The molecule has 2 N–H and O–H groups in total. The topological polar surface area (TPSA) is 58.5 Å². The molecule has 1 aromatic heterocycles. The number of aliphatic imine (C=N–C) groups is 1. The molecule has 0 bridgehead atoms. The van der Waals surface area contributed by atoms with Crippen LogP contribution in [0.15, 0.2) is 34.6 Å². The second-order valence-electron chi connectivity index (χ2n) is 7.13. The number of alkyl halides is 3. The Balaban J connectivity index is 0.00000341. The number of halogens is 5. The van der Waals surface area contributed by atoms with Gasteiger partial charge in [-0.05, 0) is 30.5 Å². The van der Waals surface area contributed by atoms with E-state index in [4.69, 9.17) is 4.74 Å². The van der Waals surface area contributed by atoms with Crippen molar-refractivity contribution in [2.45, 2.75) is 30.9 Å². The monoisotopic (exact) mass is 572 g/mol. The van der Waals surface area contributed by atoms with Crippen LogP contribution in [0.25, 0.3) is 0 Å². The van der Waals surface area contributed by atoms with Gasteiger partial charge in [-0.15, -0.1) is 35.3 Å². The van der Waals surface area contributed by atoms with Crippen LogP contribution in [-0.2, 0) is 22.7 Å². The molecule has 0 saturated carbocycles. The van der Waals surface area contributed by atoms with Crippen molar-refractivity contribution in [2.24, 2.45) is 4.99 Å². The number of hydrogen-bond acceptors (Lipinski definition) is 4. The number of thiazole rings is 1. The predicted molar refractivity (Wildman–Crippen MR) is 124 cm³/mol. The molecule has 0 spiro atoms. The van der Waals surface area contributed by atoms with Gasteiger partial charge in [0.2, 0.25) is 0 Å². The average molecular weight is 572 g/mol. The Hall–Kier alpha value is -1.47. The lowest BCUT2D eigenvalue weighted by Crippen LogP contribution is -2.48. The molecular weight excluding hydrogens is 547 g/mol. The van der Waals surface area contributed by atoms with Crippen molar-refractivity contribution in [3.8, 4) is 0 Å². The van der Waals surface area contributed by atoms with Crippen LogP contribution < -0.4 is 10.6 Å². The Morgan fingerprint density at radius 1 is 1.26 bits per heavy atom. The second kappa shape index (κ2) is 11.4. The Morgan fingerprint density at radius 2 is 2.00 bits per heavy atom. The Bertz CT molecular complexity index is 869.